The van der Waals surface area contributed by atoms with Crippen LogP contribution in [0.3, 0.4) is 0 Å². The van der Waals surface area contributed by atoms with E-state index in [-0.39, 0.29) is 0 Å². The Morgan fingerprint density at radius 1 is 1.04 bits per heavy atom. The first-order chi connectivity index (χ1) is 11.6. The first-order valence-corrected chi connectivity index (χ1v) is 9.53. The average Bonchev–Trinajstić information content (AvgIpc) is 2.63. The number of ether oxygens (including phenoxy) is 1. The molecule has 0 N–H and O–H groups in total. The number of hydrogen-bond donors (Lipinski definition) is 0. The molecule has 2 aliphatic heterocycles. The Morgan fingerprint density at radius 3 is 2.38 bits per heavy atom. The van der Waals surface area contributed by atoms with Crippen LogP contribution in [0.5, 0.6) is 0 Å². The first kappa shape index (κ1) is 17.3. The molecule has 2 aliphatic rings. The van der Waals surface area contributed by atoms with Crippen molar-refractivity contribution in [3.8, 4) is 6.07 Å². The van der Waals surface area contributed by atoms with Gasteiger partial charge in [-0.3, -0.25) is 4.90 Å². The van der Waals surface area contributed by atoms with Gasteiger partial charge in [-0.2, -0.15) is 22.3 Å². The van der Waals surface area contributed by atoms with E-state index in [9.17, 15) is 8.42 Å². The van der Waals surface area contributed by atoms with E-state index < -0.39 is 10.2 Å². The zero-order valence-electron chi connectivity index (χ0n) is 13.6. The predicted molar refractivity (Wildman–Crippen MR) is 89.3 cm³/mol. The minimum Gasteiger partial charge on any atom is -0.379 e. The Hall–Kier alpha value is -1.50. The van der Waals surface area contributed by atoms with Gasteiger partial charge in [0.25, 0.3) is 10.2 Å². The highest BCUT2D eigenvalue weighted by atomic mass is 32.2. The fraction of sp³-hybridized carbons (Fsp3) is 0.562. The molecule has 3 rings (SSSR count). The standard InChI is InChI=1S/C16H22N4O3S/c17-13-15-2-1-3-16(12-15)14-18-4-6-19(7-5-18)24(21,22)20-8-10-23-11-9-20/h1-3,12H,4-11,14H2. The molecule has 0 unspecified atom stereocenters. The maximum Gasteiger partial charge on any atom is 0.282 e. The highest BCUT2D eigenvalue weighted by molar-refractivity contribution is 7.86. The van der Waals surface area contributed by atoms with E-state index in [0.29, 0.717) is 58.0 Å². The van der Waals surface area contributed by atoms with Crippen molar-refractivity contribution in [3.63, 3.8) is 0 Å². The smallest absolute Gasteiger partial charge is 0.282 e. The number of benzene rings is 1. The monoisotopic (exact) mass is 350 g/mol. The second-order valence-electron chi connectivity index (χ2n) is 6.01. The van der Waals surface area contributed by atoms with Crippen molar-refractivity contribution in [3.05, 3.63) is 35.4 Å². The lowest BCUT2D eigenvalue weighted by Crippen LogP contribution is -2.54. The summed E-state index contributed by atoms with van der Waals surface area (Å²) in [5.41, 5.74) is 1.74. The van der Waals surface area contributed by atoms with Gasteiger partial charge in [0.15, 0.2) is 0 Å². The first-order valence-electron chi connectivity index (χ1n) is 8.14. The van der Waals surface area contributed by atoms with Crippen molar-refractivity contribution in [1.82, 2.24) is 13.5 Å². The van der Waals surface area contributed by atoms with Crippen LogP contribution in [0.25, 0.3) is 0 Å². The number of nitrogens with zero attached hydrogens (tertiary/aromatic N) is 4. The second-order valence-corrected chi connectivity index (χ2v) is 7.94. The summed E-state index contributed by atoms with van der Waals surface area (Å²) in [5, 5.41) is 8.97. The molecule has 1 aromatic rings. The SMILES string of the molecule is N#Cc1cccc(CN2CCN(S(=O)(=O)N3CCOCC3)CC2)c1. The largest absolute Gasteiger partial charge is 0.379 e. The van der Waals surface area contributed by atoms with E-state index in [1.807, 2.05) is 18.2 Å². The number of rotatable bonds is 4. The zero-order valence-corrected chi connectivity index (χ0v) is 14.4. The van der Waals surface area contributed by atoms with Crippen molar-refractivity contribution in [2.75, 3.05) is 52.5 Å². The van der Waals surface area contributed by atoms with Gasteiger partial charge >= 0.3 is 0 Å². The summed E-state index contributed by atoms with van der Waals surface area (Å²) in [7, 11) is -3.38. The zero-order chi connectivity index (χ0) is 17.0. The number of morpholine rings is 1. The molecule has 130 valence electrons. The van der Waals surface area contributed by atoms with Crippen LogP contribution >= 0.6 is 0 Å². The average molecular weight is 350 g/mol. The van der Waals surface area contributed by atoms with Crippen LogP contribution in [-0.2, 0) is 21.5 Å². The van der Waals surface area contributed by atoms with Gasteiger partial charge in [0.1, 0.15) is 0 Å². The molecular formula is C16H22N4O3S. The van der Waals surface area contributed by atoms with Crippen LogP contribution in [-0.4, -0.2) is 74.4 Å². The van der Waals surface area contributed by atoms with Crippen LogP contribution in [0.4, 0.5) is 0 Å². The molecular weight excluding hydrogens is 328 g/mol. The normalized spacial score (nSPS) is 21.5. The third kappa shape index (κ3) is 3.94. The van der Waals surface area contributed by atoms with Crippen LogP contribution in [0.15, 0.2) is 24.3 Å². The van der Waals surface area contributed by atoms with Gasteiger partial charge in [-0.15, -0.1) is 0 Å². The number of nitriles is 1. The molecule has 0 aliphatic carbocycles. The highest BCUT2D eigenvalue weighted by Gasteiger charge is 2.33. The lowest BCUT2D eigenvalue weighted by atomic mass is 10.1. The van der Waals surface area contributed by atoms with Gasteiger partial charge in [-0.1, -0.05) is 12.1 Å². The van der Waals surface area contributed by atoms with Gasteiger partial charge in [-0.25, -0.2) is 0 Å². The third-order valence-corrected chi connectivity index (χ3v) is 6.45. The molecule has 0 atom stereocenters. The van der Waals surface area contributed by atoms with E-state index in [1.165, 1.54) is 4.31 Å². The van der Waals surface area contributed by atoms with Gasteiger partial charge in [0.2, 0.25) is 0 Å². The summed E-state index contributed by atoms with van der Waals surface area (Å²) in [6.45, 7) is 4.92. The highest BCUT2D eigenvalue weighted by Crippen LogP contribution is 2.16. The Balaban J connectivity index is 1.56. The molecule has 0 amide bonds. The minimum absolute atomic E-state index is 0.434. The minimum atomic E-state index is -3.38. The molecule has 0 bridgehead atoms. The fourth-order valence-corrected chi connectivity index (χ4v) is 4.62. The maximum absolute atomic E-state index is 12.6. The van der Waals surface area contributed by atoms with Crippen LogP contribution < -0.4 is 0 Å². The van der Waals surface area contributed by atoms with E-state index in [2.05, 4.69) is 11.0 Å². The van der Waals surface area contributed by atoms with Gasteiger partial charge < -0.3 is 4.74 Å². The number of hydrogen-bond acceptors (Lipinski definition) is 5. The summed E-state index contributed by atoms with van der Waals surface area (Å²) in [5.74, 6) is 0. The van der Waals surface area contributed by atoms with Gasteiger partial charge in [-0.05, 0) is 17.7 Å². The molecule has 0 radical (unpaired) electrons. The quantitative estimate of drug-likeness (QED) is 0.778. The summed E-state index contributed by atoms with van der Waals surface area (Å²) in [6.07, 6.45) is 0. The lowest BCUT2D eigenvalue weighted by molar-refractivity contribution is 0.0684. The van der Waals surface area contributed by atoms with E-state index in [4.69, 9.17) is 10.00 Å². The fourth-order valence-electron chi connectivity index (χ4n) is 3.06. The molecule has 0 spiro atoms. The van der Waals surface area contributed by atoms with Crippen molar-refractivity contribution >= 4 is 10.2 Å². The maximum atomic E-state index is 12.6. The molecule has 8 heteroatoms. The Bertz CT molecular complexity index is 702. The molecule has 2 saturated heterocycles. The Morgan fingerprint density at radius 2 is 1.71 bits per heavy atom. The van der Waals surface area contributed by atoms with E-state index in [0.717, 1.165) is 12.1 Å². The Labute approximate surface area is 143 Å². The topological polar surface area (TPSA) is 76.9 Å². The summed E-state index contributed by atoms with van der Waals surface area (Å²) in [4.78, 5) is 2.22. The molecule has 2 heterocycles. The molecule has 1 aromatic carbocycles. The third-order valence-electron chi connectivity index (χ3n) is 4.42. The Kier molecular flexibility index (Phi) is 5.48. The summed E-state index contributed by atoms with van der Waals surface area (Å²) in [6, 6.07) is 9.70. The molecule has 2 fully saturated rings. The molecule has 0 saturated carbocycles. The van der Waals surface area contributed by atoms with Gasteiger partial charge in [0.05, 0.1) is 24.8 Å². The lowest BCUT2D eigenvalue weighted by Gasteiger charge is -2.37. The molecule has 7 nitrogen and oxygen atoms in total. The number of piperazine rings is 1. The van der Waals surface area contributed by atoms with E-state index >= 15 is 0 Å². The van der Waals surface area contributed by atoms with Crippen molar-refractivity contribution < 1.29 is 13.2 Å². The van der Waals surface area contributed by atoms with Crippen LogP contribution in [0, 0.1) is 11.3 Å². The van der Waals surface area contributed by atoms with Crippen LogP contribution in [0.2, 0.25) is 0 Å². The summed E-state index contributed by atoms with van der Waals surface area (Å²) < 4.78 is 33.6. The molecule has 24 heavy (non-hydrogen) atoms. The predicted octanol–water partition coefficient (Wildman–Crippen LogP) is 0.253. The van der Waals surface area contributed by atoms with Crippen molar-refractivity contribution in [2.24, 2.45) is 0 Å². The summed E-state index contributed by atoms with van der Waals surface area (Å²) >= 11 is 0. The second kappa shape index (κ2) is 7.59. The van der Waals surface area contributed by atoms with E-state index in [1.54, 1.807) is 10.4 Å². The van der Waals surface area contributed by atoms with Gasteiger partial charge in [0, 0.05) is 45.8 Å². The molecule has 0 aromatic heterocycles. The van der Waals surface area contributed by atoms with Crippen molar-refractivity contribution in [1.29, 1.82) is 5.26 Å². The van der Waals surface area contributed by atoms with Crippen molar-refractivity contribution in [2.45, 2.75) is 6.54 Å². The van der Waals surface area contributed by atoms with Crippen LogP contribution in [0.1, 0.15) is 11.1 Å².